The number of aromatic amines is 1. The van der Waals surface area contributed by atoms with Crippen molar-refractivity contribution in [1.82, 2.24) is 20.3 Å². The molecule has 0 aliphatic heterocycles. The molecule has 4 rings (SSSR count). The molecule has 0 radical (unpaired) electrons. The van der Waals surface area contributed by atoms with Crippen LogP contribution in [0.4, 0.5) is 0 Å². The lowest BCUT2D eigenvalue weighted by atomic mass is 9.93. The van der Waals surface area contributed by atoms with Crippen molar-refractivity contribution in [3.63, 3.8) is 0 Å². The van der Waals surface area contributed by atoms with E-state index in [1.807, 2.05) is 12.1 Å². The molecule has 2 aromatic heterocycles. The summed E-state index contributed by atoms with van der Waals surface area (Å²) in [7, 11) is 0. The van der Waals surface area contributed by atoms with Crippen LogP contribution in [0.25, 0.3) is 11.2 Å². The molecule has 4 nitrogen and oxygen atoms in total. The number of hydrogen-bond acceptors (Lipinski definition) is 3. The van der Waals surface area contributed by atoms with E-state index in [1.165, 1.54) is 23.2 Å². The maximum Gasteiger partial charge on any atom is 0.156 e. The highest BCUT2D eigenvalue weighted by Crippen LogP contribution is 2.33. The highest BCUT2D eigenvalue weighted by Gasteiger charge is 2.25. The number of halogens is 2. The van der Waals surface area contributed by atoms with Gasteiger partial charge in [0.2, 0.25) is 0 Å². The van der Waals surface area contributed by atoms with Crippen LogP contribution in [-0.4, -0.2) is 21.5 Å². The molecule has 2 heterocycles. The van der Waals surface area contributed by atoms with Gasteiger partial charge in [0, 0.05) is 22.3 Å². The van der Waals surface area contributed by atoms with Crippen LogP contribution in [-0.2, 0) is 12.8 Å². The molecule has 1 unspecified atom stereocenters. The summed E-state index contributed by atoms with van der Waals surface area (Å²) in [5, 5.41) is 4.47. The van der Waals surface area contributed by atoms with E-state index >= 15 is 0 Å². The van der Waals surface area contributed by atoms with Gasteiger partial charge in [-0.1, -0.05) is 23.7 Å². The molecule has 1 atom stereocenters. The lowest BCUT2D eigenvalue weighted by Crippen LogP contribution is -2.27. The zero-order chi connectivity index (χ0) is 16.5. The van der Waals surface area contributed by atoms with Crippen LogP contribution < -0.4 is 5.32 Å². The summed E-state index contributed by atoms with van der Waals surface area (Å²) in [6, 6.07) is 8.41. The minimum atomic E-state index is 0.343. The lowest BCUT2D eigenvalue weighted by Gasteiger charge is -2.23. The van der Waals surface area contributed by atoms with Gasteiger partial charge in [0.05, 0.1) is 6.20 Å². The number of aryl methyl sites for hydroxylation is 1. The van der Waals surface area contributed by atoms with Gasteiger partial charge in [-0.25, -0.2) is 9.97 Å². The third-order valence-corrected chi connectivity index (χ3v) is 5.23. The summed E-state index contributed by atoms with van der Waals surface area (Å²) < 4.78 is 0.787. The number of aromatic nitrogens is 3. The van der Waals surface area contributed by atoms with Crippen LogP contribution >= 0.6 is 27.5 Å². The van der Waals surface area contributed by atoms with Crippen molar-refractivity contribution in [2.24, 2.45) is 0 Å². The fourth-order valence-electron chi connectivity index (χ4n) is 3.42. The maximum absolute atomic E-state index is 5.94. The van der Waals surface area contributed by atoms with E-state index in [2.05, 4.69) is 48.3 Å². The quantitative estimate of drug-likeness (QED) is 0.668. The largest absolute Gasteiger partial charge is 0.340 e. The molecule has 2 N–H and O–H groups in total. The summed E-state index contributed by atoms with van der Waals surface area (Å²) in [6.45, 7) is 0.936. The molecule has 1 aromatic carbocycles. The van der Waals surface area contributed by atoms with Gasteiger partial charge in [0.15, 0.2) is 5.65 Å². The number of fused-ring (bicyclic) bond motifs is 3. The molecule has 0 fully saturated rings. The molecule has 1 aliphatic rings. The maximum atomic E-state index is 5.94. The van der Waals surface area contributed by atoms with Crippen LogP contribution in [0.1, 0.15) is 35.7 Å². The summed E-state index contributed by atoms with van der Waals surface area (Å²) in [6.07, 6.45) is 6.11. The van der Waals surface area contributed by atoms with Crippen molar-refractivity contribution in [3.05, 3.63) is 56.9 Å². The van der Waals surface area contributed by atoms with E-state index in [1.54, 1.807) is 6.20 Å². The van der Waals surface area contributed by atoms with Crippen molar-refractivity contribution in [2.75, 3.05) is 6.54 Å². The number of H-pyrrole nitrogens is 1. The molecule has 0 saturated heterocycles. The first-order valence-corrected chi connectivity index (χ1v) is 9.38. The van der Waals surface area contributed by atoms with Crippen molar-refractivity contribution in [1.29, 1.82) is 0 Å². The first kappa shape index (κ1) is 16.1. The summed E-state index contributed by atoms with van der Waals surface area (Å²) >= 11 is 9.36. The third-order valence-electron chi connectivity index (χ3n) is 4.59. The number of hydrogen-bond donors (Lipinski definition) is 2. The Morgan fingerprint density at radius 2 is 2.12 bits per heavy atom. The van der Waals surface area contributed by atoms with E-state index in [4.69, 9.17) is 11.6 Å². The first-order valence-electron chi connectivity index (χ1n) is 8.21. The average Bonchev–Trinajstić information content (AvgIpc) is 2.95. The molecule has 0 spiro atoms. The highest BCUT2D eigenvalue weighted by molar-refractivity contribution is 9.10. The fraction of sp³-hybridized carbons (Fsp3) is 0.333. The molecule has 124 valence electrons. The standard InChI is InChI=1S/C18H18BrClN4/c19-15-10-22-18-17(23-15)13-2-1-3-14(16(13)24-18)21-9-8-11-4-6-12(20)7-5-11/h4-7,10,14,21H,1-3,8-9H2,(H,22,24). The minimum absolute atomic E-state index is 0.343. The Bertz CT molecular complexity index is 859. The SMILES string of the molecule is Clc1ccc(CCNC2CCCc3c2[nH]c2ncc(Br)nc32)cc1. The Kier molecular flexibility index (Phi) is 4.57. The van der Waals surface area contributed by atoms with Gasteiger partial charge in [-0.15, -0.1) is 0 Å². The number of nitrogens with zero attached hydrogens (tertiary/aromatic N) is 2. The van der Waals surface area contributed by atoms with Crippen LogP contribution in [0.15, 0.2) is 35.1 Å². The minimum Gasteiger partial charge on any atom is -0.340 e. The molecule has 0 amide bonds. The van der Waals surface area contributed by atoms with Gasteiger partial charge >= 0.3 is 0 Å². The topological polar surface area (TPSA) is 53.6 Å². The Morgan fingerprint density at radius 3 is 2.96 bits per heavy atom. The number of benzene rings is 1. The van der Waals surface area contributed by atoms with Gasteiger partial charge in [0.25, 0.3) is 0 Å². The number of nitrogens with one attached hydrogen (secondary N) is 2. The third kappa shape index (κ3) is 3.21. The Morgan fingerprint density at radius 1 is 1.29 bits per heavy atom. The Hall–Kier alpha value is -1.43. The van der Waals surface area contributed by atoms with Crippen LogP contribution in [0.3, 0.4) is 0 Å². The van der Waals surface area contributed by atoms with Crippen molar-refractivity contribution in [2.45, 2.75) is 31.7 Å². The molecule has 1 aliphatic carbocycles. The molecule has 3 aromatic rings. The van der Waals surface area contributed by atoms with Crippen molar-refractivity contribution in [3.8, 4) is 0 Å². The smallest absolute Gasteiger partial charge is 0.156 e. The first-order chi connectivity index (χ1) is 11.7. The van der Waals surface area contributed by atoms with E-state index in [0.29, 0.717) is 6.04 Å². The Balaban J connectivity index is 1.49. The molecule has 0 bridgehead atoms. The van der Waals surface area contributed by atoms with Gasteiger partial charge in [-0.3, -0.25) is 0 Å². The van der Waals surface area contributed by atoms with Crippen LogP contribution in [0.2, 0.25) is 5.02 Å². The van der Waals surface area contributed by atoms with Crippen molar-refractivity contribution >= 4 is 38.7 Å². The summed E-state index contributed by atoms with van der Waals surface area (Å²) in [5.74, 6) is 0. The fourth-order valence-corrected chi connectivity index (χ4v) is 3.83. The second-order valence-corrected chi connectivity index (χ2v) is 7.43. The molecule has 6 heteroatoms. The molecular formula is C18H18BrClN4. The van der Waals surface area contributed by atoms with E-state index in [-0.39, 0.29) is 0 Å². The number of rotatable bonds is 4. The van der Waals surface area contributed by atoms with Gasteiger partial charge in [-0.05, 0) is 65.9 Å². The second kappa shape index (κ2) is 6.82. The summed E-state index contributed by atoms with van der Waals surface area (Å²) in [4.78, 5) is 12.5. The zero-order valence-electron chi connectivity index (χ0n) is 13.1. The van der Waals surface area contributed by atoms with E-state index in [0.717, 1.165) is 46.6 Å². The molecular weight excluding hydrogens is 388 g/mol. The van der Waals surface area contributed by atoms with Crippen LogP contribution in [0.5, 0.6) is 0 Å². The zero-order valence-corrected chi connectivity index (χ0v) is 15.5. The molecule has 24 heavy (non-hydrogen) atoms. The Labute approximate surface area is 154 Å². The average molecular weight is 406 g/mol. The molecule has 0 saturated carbocycles. The van der Waals surface area contributed by atoms with E-state index in [9.17, 15) is 0 Å². The van der Waals surface area contributed by atoms with Crippen LogP contribution in [0, 0.1) is 0 Å². The van der Waals surface area contributed by atoms with Gasteiger partial charge in [-0.2, -0.15) is 0 Å². The monoisotopic (exact) mass is 404 g/mol. The lowest BCUT2D eigenvalue weighted by molar-refractivity contribution is 0.456. The predicted octanol–water partition coefficient (Wildman–Crippen LogP) is 4.58. The van der Waals surface area contributed by atoms with E-state index < -0.39 is 0 Å². The van der Waals surface area contributed by atoms with Gasteiger partial charge < -0.3 is 10.3 Å². The normalized spacial score (nSPS) is 17.2. The highest BCUT2D eigenvalue weighted by atomic mass is 79.9. The van der Waals surface area contributed by atoms with Crippen molar-refractivity contribution < 1.29 is 0 Å². The second-order valence-electron chi connectivity index (χ2n) is 6.18. The van der Waals surface area contributed by atoms with Gasteiger partial charge in [0.1, 0.15) is 10.1 Å². The predicted molar refractivity (Wildman–Crippen MR) is 100 cm³/mol. The summed E-state index contributed by atoms with van der Waals surface area (Å²) in [5.41, 5.74) is 5.75.